The van der Waals surface area contributed by atoms with Crippen molar-refractivity contribution >= 4 is 5.91 Å². The lowest BCUT2D eigenvalue weighted by atomic mass is 10.2. The van der Waals surface area contributed by atoms with Crippen molar-refractivity contribution in [1.29, 1.82) is 0 Å². The van der Waals surface area contributed by atoms with Gasteiger partial charge in [0.1, 0.15) is 5.56 Å². The lowest BCUT2D eigenvalue weighted by molar-refractivity contribution is 0.0908. The molecule has 0 radical (unpaired) electrons. The second-order valence-electron chi connectivity index (χ2n) is 3.57. The Kier molecular flexibility index (Phi) is 4.72. The molecular weight excluding hydrogens is 208 g/mol. The van der Waals surface area contributed by atoms with E-state index >= 15 is 0 Å². The maximum Gasteiger partial charge on any atom is 0.260 e. The molecule has 0 bridgehead atoms. The van der Waals surface area contributed by atoms with Gasteiger partial charge in [-0.15, -0.1) is 0 Å². The topological polar surface area (TPSA) is 82.2 Å². The zero-order valence-corrected chi connectivity index (χ0v) is 9.19. The maximum absolute atomic E-state index is 11.5. The van der Waals surface area contributed by atoms with Gasteiger partial charge in [-0.2, -0.15) is 0 Å². The number of pyridine rings is 1. The average molecular weight is 224 g/mol. The molecule has 0 spiro atoms. The molecule has 0 aliphatic heterocycles. The normalized spacial score (nSPS) is 12.1. The summed E-state index contributed by atoms with van der Waals surface area (Å²) in [5.74, 6) is -0.461. The molecule has 0 aliphatic rings. The van der Waals surface area contributed by atoms with Gasteiger partial charge in [0, 0.05) is 12.7 Å². The molecule has 1 unspecified atom stereocenters. The SMILES string of the molecule is CCCC(O)CNC(=O)c1ccc[nH]c1=O. The minimum Gasteiger partial charge on any atom is -0.391 e. The van der Waals surface area contributed by atoms with Crippen molar-refractivity contribution in [1.82, 2.24) is 10.3 Å². The molecule has 88 valence electrons. The molecule has 5 nitrogen and oxygen atoms in total. The van der Waals surface area contributed by atoms with Crippen LogP contribution >= 0.6 is 0 Å². The number of nitrogens with one attached hydrogen (secondary N) is 2. The molecule has 1 heterocycles. The van der Waals surface area contributed by atoms with Crippen LogP contribution in [0, 0.1) is 0 Å². The van der Waals surface area contributed by atoms with Crippen LogP contribution in [0.5, 0.6) is 0 Å². The van der Waals surface area contributed by atoms with Crippen molar-refractivity contribution < 1.29 is 9.90 Å². The number of rotatable bonds is 5. The van der Waals surface area contributed by atoms with Gasteiger partial charge in [0.15, 0.2) is 0 Å². The number of hydrogen-bond acceptors (Lipinski definition) is 3. The highest BCUT2D eigenvalue weighted by molar-refractivity contribution is 5.93. The van der Waals surface area contributed by atoms with E-state index in [9.17, 15) is 14.7 Å². The first kappa shape index (κ1) is 12.4. The summed E-state index contributed by atoms with van der Waals surface area (Å²) in [4.78, 5) is 25.2. The van der Waals surface area contributed by atoms with Crippen LogP contribution in [-0.2, 0) is 0 Å². The fourth-order valence-corrected chi connectivity index (χ4v) is 1.34. The number of aromatic nitrogens is 1. The third-order valence-electron chi connectivity index (χ3n) is 2.18. The molecule has 0 saturated carbocycles. The van der Waals surface area contributed by atoms with E-state index < -0.39 is 17.6 Å². The van der Waals surface area contributed by atoms with E-state index in [2.05, 4.69) is 10.3 Å². The predicted molar refractivity (Wildman–Crippen MR) is 60.3 cm³/mol. The molecule has 5 heteroatoms. The van der Waals surface area contributed by atoms with Gasteiger partial charge in [-0.05, 0) is 18.6 Å². The first-order chi connectivity index (χ1) is 7.65. The predicted octanol–water partition coefficient (Wildman–Crippen LogP) is 0.266. The first-order valence-corrected chi connectivity index (χ1v) is 5.29. The maximum atomic E-state index is 11.5. The zero-order chi connectivity index (χ0) is 12.0. The lowest BCUT2D eigenvalue weighted by Gasteiger charge is -2.10. The molecule has 0 saturated heterocycles. The summed E-state index contributed by atoms with van der Waals surface area (Å²) in [6.07, 6.45) is 2.39. The van der Waals surface area contributed by atoms with Crippen LogP contribution in [0.4, 0.5) is 0 Å². The molecule has 1 atom stereocenters. The third kappa shape index (κ3) is 3.51. The van der Waals surface area contributed by atoms with Crippen molar-refractivity contribution in [2.75, 3.05) is 6.54 Å². The summed E-state index contributed by atoms with van der Waals surface area (Å²) >= 11 is 0. The van der Waals surface area contributed by atoms with Crippen molar-refractivity contribution in [2.45, 2.75) is 25.9 Å². The smallest absolute Gasteiger partial charge is 0.260 e. The Morgan fingerprint density at radius 1 is 1.62 bits per heavy atom. The van der Waals surface area contributed by atoms with E-state index in [1.165, 1.54) is 12.3 Å². The number of H-pyrrole nitrogens is 1. The summed E-state index contributed by atoms with van der Waals surface area (Å²) in [5, 5.41) is 11.9. The van der Waals surface area contributed by atoms with E-state index in [0.29, 0.717) is 6.42 Å². The Labute approximate surface area is 93.5 Å². The lowest BCUT2D eigenvalue weighted by Crippen LogP contribution is -2.34. The fourth-order valence-electron chi connectivity index (χ4n) is 1.34. The highest BCUT2D eigenvalue weighted by Gasteiger charge is 2.10. The van der Waals surface area contributed by atoms with Crippen LogP contribution in [0.3, 0.4) is 0 Å². The van der Waals surface area contributed by atoms with Gasteiger partial charge in [-0.25, -0.2) is 0 Å². The van der Waals surface area contributed by atoms with E-state index in [1.54, 1.807) is 6.07 Å². The summed E-state index contributed by atoms with van der Waals surface area (Å²) in [6, 6.07) is 3.03. The largest absolute Gasteiger partial charge is 0.391 e. The van der Waals surface area contributed by atoms with Gasteiger partial charge in [0.2, 0.25) is 0 Å². The third-order valence-corrected chi connectivity index (χ3v) is 2.18. The summed E-state index contributed by atoms with van der Waals surface area (Å²) < 4.78 is 0. The molecule has 0 aliphatic carbocycles. The van der Waals surface area contributed by atoms with Gasteiger partial charge in [-0.1, -0.05) is 13.3 Å². The summed E-state index contributed by atoms with van der Waals surface area (Å²) in [5.41, 5.74) is -0.365. The van der Waals surface area contributed by atoms with E-state index in [4.69, 9.17) is 0 Å². The molecule has 0 aromatic carbocycles. The molecule has 1 aromatic heterocycles. The summed E-state index contributed by atoms with van der Waals surface area (Å²) in [6.45, 7) is 2.12. The van der Waals surface area contributed by atoms with Gasteiger partial charge in [-0.3, -0.25) is 9.59 Å². The van der Waals surface area contributed by atoms with E-state index in [1.807, 2.05) is 6.92 Å². The monoisotopic (exact) mass is 224 g/mol. The quantitative estimate of drug-likeness (QED) is 0.671. The number of aliphatic hydroxyl groups is 1. The number of aliphatic hydroxyl groups excluding tert-OH is 1. The van der Waals surface area contributed by atoms with Crippen LogP contribution < -0.4 is 10.9 Å². The van der Waals surface area contributed by atoms with E-state index in [-0.39, 0.29) is 12.1 Å². The fraction of sp³-hybridized carbons (Fsp3) is 0.455. The van der Waals surface area contributed by atoms with Crippen molar-refractivity contribution in [3.63, 3.8) is 0 Å². The number of hydrogen-bond donors (Lipinski definition) is 3. The number of amides is 1. The van der Waals surface area contributed by atoms with E-state index in [0.717, 1.165) is 6.42 Å². The summed E-state index contributed by atoms with van der Waals surface area (Å²) in [7, 11) is 0. The first-order valence-electron chi connectivity index (χ1n) is 5.29. The van der Waals surface area contributed by atoms with Crippen molar-refractivity contribution in [2.24, 2.45) is 0 Å². The molecule has 1 rings (SSSR count). The highest BCUT2D eigenvalue weighted by Crippen LogP contribution is 1.95. The Morgan fingerprint density at radius 2 is 2.38 bits per heavy atom. The van der Waals surface area contributed by atoms with Crippen LogP contribution in [-0.4, -0.2) is 28.6 Å². The minimum absolute atomic E-state index is 0.0613. The number of carbonyl (C=O) groups excluding carboxylic acids is 1. The van der Waals surface area contributed by atoms with Crippen molar-refractivity contribution in [3.8, 4) is 0 Å². The second kappa shape index (κ2) is 6.07. The highest BCUT2D eigenvalue weighted by atomic mass is 16.3. The number of carbonyl (C=O) groups is 1. The second-order valence-corrected chi connectivity index (χ2v) is 3.57. The molecule has 0 fully saturated rings. The Balaban J connectivity index is 2.54. The molecule has 1 amide bonds. The van der Waals surface area contributed by atoms with Gasteiger partial charge in [0.05, 0.1) is 6.10 Å². The standard InChI is InChI=1S/C11H16N2O3/c1-2-4-8(14)7-13-11(16)9-5-3-6-12-10(9)15/h3,5-6,8,14H,2,4,7H2,1H3,(H,12,15)(H,13,16). The van der Waals surface area contributed by atoms with Gasteiger partial charge in [0.25, 0.3) is 11.5 Å². The van der Waals surface area contributed by atoms with Gasteiger partial charge >= 0.3 is 0 Å². The van der Waals surface area contributed by atoms with Crippen LogP contribution in [0.25, 0.3) is 0 Å². The average Bonchev–Trinajstić information content (AvgIpc) is 2.27. The Bertz CT molecular complexity index is 400. The number of aromatic amines is 1. The minimum atomic E-state index is -0.559. The van der Waals surface area contributed by atoms with Crippen LogP contribution in [0.1, 0.15) is 30.1 Å². The van der Waals surface area contributed by atoms with Gasteiger partial charge < -0.3 is 15.4 Å². The van der Waals surface area contributed by atoms with Crippen molar-refractivity contribution in [3.05, 3.63) is 34.2 Å². The molecule has 3 N–H and O–H groups in total. The zero-order valence-electron chi connectivity index (χ0n) is 9.19. The molecule has 16 heavy (non-hydrogen) atoms. The Morgan fingerprint density at radius 3 is 3.00 bits per heavy atom. The Hall–Kier alpha value is -1.62. The van der Waals surface area contributed by atoms with Crippen LogP contribution in [0.15, 0.2) is 23.1 Å². The molecule has 1 aromatic rings. The van der Waals surface area contributed by atoms with Crippen LogP contribution in [0.2, 0.25) is 0 Å². The molecular formula is C11H16N2O3.